The molecule has 2 amide bonds. The number of carbonyl (C=O) groups is 2. The summed E-state index contributed by atoms with van der Waals surface area (Å²) in [6.07, 6.45) is 5.88. The van der Waals surface area contributed by atoms with E-state index in [1.165, 1.54) is 18.6 Å². The number of amides is 2. The fourth-order valence-electron chi connectivity index (χ4n) is 3.14. The first-order chi connectivity index (χ1) is 11.5. The van der Waals surface area contributed by atoms with Gasteiger partial charge in [0, 0.05) is 19.0 Å². The molecule has 0 aromatic heterocycles. The summed E-state index contributed by atoms with van der Waals surface area (Å²) in [6.45, 7) is 3.85. The molecule has 1 aliphatic rings. The van der Waals surface area contributed by atoms with Gasteiger partial charge in [0.2, 0.25) is 11.8 Å². The highest BCUT2D eigenvalue weighted by Crippen LogP contribution is 2.18. The van der Waals surface area contributed by atoms with E-state index in [-0.39, 0.29) is 23.7 Å². The molecule has 5 heteroatoms. The molecule has 0 bridgehead atoms. The molecule has 4 nitrogen and oxygen atoms in total. The lowest BCUT2D eigenvalue weighted by molar-refractivity contribution is -0.140. The summed E-state index contributed by atoms with van der Waals surface area (Å²) in [7, 11) is 0. The molecule has 1 unspecified atom stereocenters. The number of benzene rings is 1. The van der Waals surface area contributed by atoms with Gasteiger partial charge in [-0.15, -0.1) is 0 Å². The van der Waals surface area contributed by atoms with Crippen molar-refractivity contribution in [1.29, 1.82) is 0 Å². The fraction of sp³-hybridized carbons (Fsp3) is 0.579. The largest absolute Gasteiger partial charge is 0.352 e. The Labute approximate surface area is 143 Å². The van der Waals surface area contributed by atoms with E-state index >= 15 is 0 Å². The molecule has 0 heterocycles. The van der Waals surface area contributed by atoms with Gasteiger partial charge in [0.1, 0.15) is 11.9 Å². The van der Waals surface area contributed by atoms with Gasteiger partial charge < -0.3 is 10.2 Å². The van der Waals surface area contributed by atoms with Crippen molar-refractivity contribution in [3.63, 3.8) is 0 Å². The van der Waals surface area contributed by atoms with Crippen LogP contribution in [0.5, 0.6) is 0 Å². The summed E-state index contributed by atoms with van der Waals surface area (Å²) in [5.74, 6) is -0.494. The zero-order valence-electron chi connectivity index (χ0n) is 14.6. The molecular formula is C19H27FN2O2. The topological polar surface area (TPSA) is 49.4 Å². The number of hydrogen-bond donors (Lipinski definition) is 1. The van der Waals surface area contributed by atoms with Gasteiger partial charge in [-0.05, 0) is 37.5 Å². The first-order valence-electron chi connectivity index (χ1n) is 8.85. The van der Waals surface area contributed by atoms with E-state index in [0.717, 1.165) is 31.2 Å². The van der Waals surface area contributed by atoms with Gasteiger partial charge in [-0.3, -0.25) is 9.59 Å². The lowest BCUT2D eigenvalue weighted by Crippen LogP contribution is -2.50. The fourth-order valence-corrected chi connectivity index (χ4v) is 3.14. The molecule has 1 aromatic rings. The zero-order chi connectivity index (χ0) is 17.5. The second-order valence-electron chi connectivity index (χ2n) is 6.52. The molecule has 1 N–H and O–H groups in total. The van der Waals surface area contributed by atoms with Crippen molar-refractivity contribution < 1.29 is 14.0 Å². The van der Waals surface area contributed by atoms with Gasteiger partial charge in [0.25, 0.3) is 0 Å². The Morgan fingerprint density at radius 2 is 1.83 bits per heavy atom. The van der Waals surface area contributed by atoms with Gasteiger partial charge in [0.15, 0.2) is 0 Å². The number of nitrogens with zero attached hydrogens (tertiary/aromatic N) is 1. The second-order valence-corrected chi connectivity index (χ2v) is 6.52. The summed E-state index contributed by atoms with van der Waals surface area (Å²) < 4.78 is 13.1. The minimum atomic E-state index is -0.538. The van der Waals surface area contributed by atoms with Crippen molar-refractivity contribution in [2.45, 2.75) is 71.0 Å². The third kappa shape index (κ3) is 5.05. The molecule has 2 rings (SSSR count). The van der Waals surface area contributed by atoms with Crippen LogP contribution in [0, 0.1) is 5.82 Å². The Morgan fingerprint density at radius 1 is 1.21 bits per heavy atom. The molecule has 0 radical (unpaired) electrons. The summed E-state index contributed by atoms with van der Waals surface area (Å²) in [6, 6.07) is 5.73. The summed E-state index contributed by atoms with van der Waals surface area (Å²) in [4.78, 5) is 26.4. The van der Waals surface area contributed by atoms with E-state index in [1.54, 1.807) is 30.9 Å². The predicted octanol–water partition coefficient (Wildman–Crippen LogP) is 3.40. The van der Waals surface area contributed by atoms with Crippen LogP contribution in [0.2, 0.25) is 0 Å². The van der Waals surface area contributed by atoms with Crippen LogP contribution in [0.4, 0.5) is 4.39 Å². The smallest absolute Gasteiger partial charge is 0.242 e. The normalized spacial score (nSPS) is 16.5. The van der Waals surface area contributed by atoms with Crippen LogP contribution in [0.1, 0.15) is 57.9 Å². The average molecular weight is 334 g/mol. The van der Waals surface area contributed by atoms with E-state index in [9.17, 15) is 14.0 Å². The van der Waals surface area contributed by atoms with Gasteiger partial charge in [-0.1, -0.05) is 38.3 Å². The van der Waals surface area contributed by atoms with Gasteiger partial charge in [-0.25, -0.2) is 4.39 Å². The van der Waals surface area contributed by atoms with Crippen molar-refractivity contribution in [2.75, 3.05) is 0 Å². The van der Waals surface area contributed by atoms with Crippen molar-refractivity contribution in [2.24, 2.45) is 0 Å². The van der Waals surface area contributed by atoms with E-state index in [1.807, 2.05) is 0 Å². The first kappa shape index (κ1) is 18.4. The Balaban J connectivity index is 2.03. The molecule has 1 atom stereocenters. The molecule has 1 aliphatic carbocycles. The molecule has 1 fully saturated rings. The molecule has 1 aromatic carbocycles. The minimum Gasteiger partial charge on any atom is -0.352 e. The first-order valence-corrected chi connectivity index (χ1v) is 8.85. The van der Waals surface area contributed by atoms with Crippen LogP contribution in [0.15, 0.2) is 24.3 Å². The summed E-state index contributed by atoms with van der Waals surface area (Å²) in [5.41, 5.74) is 0.815. The maximum atomic E-state index is 13.1. The van der Waals surface area contributed by atoms with Crippen LogP contribution >= 0.6 is 0 Å². The SMILES string of the molecule is CCC(=O)N(Cc1ccc(F)cc1)C(C)C(=O)NC1CCCCC1. The van der Waals surface area contributed by atoms with Crippen molar-refractivity contribution in [3.05, 3.63) is 35.6 Å². The molecular weight excluding hydrogens is 307 g/mol. The van der Waals surface area contributed by atoms with E-state index in [0.29, 0.717) is 13.0 Å². The molecule has 1 saturated carbocycles. The number of carbonyl (C=O) groups excluding carboxylic acids is 2. The summed E-state index contributed by atoms with van der Waals surface area (Å²) >= 11 is 0. The maximum absolute atomic E-state index is 13.1. The van der Waals surface area contributed by atoms with Crippen LogP contribution in [0.3, 0.4) is 0 Å². The maximum Gasteiger partial charge on any atom is 0.242 e. The molecule has 132 valence electrons. The van der Waals surface area contributed by atoms with Crippen LogP contribution in [-0.4, -0.2) is 28.8 Å². The quantitative estimate of drug-likeness (QED) is 0.867. The Bertz CT molecular complexity index is 553. The van der Waals surface area contributed by atoms with Crippen LogP contribution < -0.4 is 5.32 Å². The number of hydrogen-bond acceptors (Lipinski definition) is 2. The molecule has 0 aliphatic heterocycles. The second kappa shape index (κ2) is 8.81. The van der Waals surface area contributed by atoms with E-state index < -0.39 is 6.04 Å². The number of nitrogens with one attached hydrogen (secondary N) is 1. The van der Waals surface area contributed by atoms with Crippen molar-refractivity contribution >= 4 is 11.8 Å². The Kier molecular flexibility index (Phi) is 6.76. The lowest BCUT2D eigenvalue weighted by atomic mass is 9.95. The molecule has 24 heavy (non-hydrogen) atoms. The third-order valence-corrected chi connectivity index (χ3v) is 4.69. The molecule has 0 spiro atoms. The average Bonchev–Trinajstić information content (AvgIpc) is 2.61. The Hall–Kier alpha value is -1.91. The monoisotopic (exact) mass is 334 g/mol. The molecule has 0 saturated heterocycles. The number of rotatable bonds is 6. The Morgan fingerprint density at radius 3 is 2.42 bits per heavy atom. The van der Waals surface area contributed by atoms with Crippen LogP contribution in [0.25, 0.3) is 0 Å². The lowest BCUT2D eigenvalue weighted by Gasteiger charge is -2.31. The zero-order valence-corrected chi connectivity index (χ0v) is 14.6. The van der Waals surface area contributed by atoms with E-state index in [2.05, 4.69) is 5.32 Å². The van der Waals surface area contributed by atoms with Crippen molar-refractivity contribution in [3.8, 4) is 0 Å². The standard InChI is InChI=1S/C19H27FN2O2/c1-3-18(23)22(13-15-9-11-16(20)12-10-15)14(2)19(24)21-17-7-5-4-6-8-17/h9-12,14,17H,3-8,13H2,1-2H3,(H,21,24). The van der Waals surface area contributed by atoms with E-state index in [4.69, 9.17) is 0 Å². The highest BCUT2D eigenvalue weighted by atomic mass is 19.1. The van der Waals surface area contributed by atoms with Crippen LogP contribution in [-0.2, 0) is 16.1 Å². The highest BCUT2D eigenvalue weighted by molar-refractivity contribution is 5.87. The van der Waals surface area contributed by atoms with Gasteiger partial charge in [0.05, 0.1) is 0 Å². The van der Waals surface area contributed by atoms with Gasteiger partial charge in [-0.2, -0.15) is 0 Å². The van der Waals surface area contributed by atoms with Gasteiger partial charge >= 0.3 is 0 Å². The number of halogens is 1. The predicted molar refractivity (Wildman–Crippen MR) is 91.7 cm³/mol. The summed E-state index contributed by atoms with van der Waals surface area (Å²) in [5, 5.41) is 3.08. The van der Waals surface area contributed by atoms with Crippen molar-refractivity contribution in [1.82, 2.24) is 10.2 Å². The third-order valence-electron chi connectivity index (χ3n) is 4.69. The highest BCUT2D eigenvalue weighted by Gasteiger charge is 2.27. The minimum absolute atomic E-state index is 0.0781.